The molecule has 0 aliphatic heterocycles. The molecule has 0 spiro atoms. The van der Waals surface area contributed by atoms with Crippen LogP contribution in [0.2, 0.25) is 0 Å². The number of methoxy groups -OCH3 is 1. The van der Waals surface area contributed by atoms with Gasteiger partial charge in [-0.3, -0.25) is 9.59 Å². The second kappa shape index (κ2) is 8.82. The number of hydrogen-bond acceptors (Lipinski definition) is 5. The Kier molecular flexibility index (Phi) is 6.40. The summed E-state index contributed by atoms with van der Waals surface area (Å²) in [4.78, 5) is 31.3. The molecule has 1 atom stereocenters. The van der Waals surface area contributed by atoms with Crippen LogP contribution in [0.5, 0.6) is 5.75 Å². The van der Waals surface area contributed by atoms with E-state index < -0.39 is 35.4 Å². The number of H-pyrrole nitrogens is 1. The SMILES string of the molecule is COC[C@@H](NC(=O)c1cc(=O)[nH]c(C2CCC2)n1)c1ccc(OC(F)(F)F)c(F)c1. The van der Waals surface area contributed by atoms with Gasteiger partial charge >= 0.3 is 6.36 Å². The van der Waals surface area contributed by atoms with Gasteiger partial charge < -0.3 is 19.8 Å². The molecule has 1 aliphatic rings. The Balaban J connectivity index is 1.80. The third kappa shape index (κ3) is 5.35. The minimum Gasteiger partial charge on any atom is -0.403 e. The molecule has 2 N–H and O–H groups in total. The number of halogens is 4. The van der Waals surface area contributed by atoms with Crippen molar-refractivity contribution in [3.05, 3.63) is 57.5 Å². The third-order valence-electron chi connectivity index (χ3n) is 4.71. The smallest absolute Gasteiger partial charge is 0.403 e. The van der Waals surface area contributed by atoms with Crippen LogP contribution in [0.4, 0.5) is 17.6 Å². The maximum atomic E-state index is 14.0. The predicted octanol–water partition coefficient (Wildman–Crippen LogP) is 3.19. The fourth-order valence-electron chi connectivity index (χ4n) is 3.03. The number of amides is 1. The molecule has 1 fully saturated rings. The Bertz CT molecular complexity index is 973. The number of benzene rings is 1. The molecule has 11 heteroatoms. The first-order chi connectivity index (χ1) is 14.2. The largest absolute Gasteiger partial charge is 0.573 e. The van der Waals surface area contributed by atoms with Crippen molar-refractivity contribution in [2.75, 3.05) is 13.7 Å². The number of carbonyl (C=O) groups is 1. The van der Waals surface area contributed by atoms with Gasteiger partial charge in [0.2, 0.25) is 0 Å². The standard InChI is InChI=1S/C19H19F4N3O4/c1-29-9-14(11-5-6-15(12(20)7-11)30-19(21,22)23)25-18(28)13-8-16(27)26-17(24-13)10-3-2-4-10/h5-8,10,14H,2-4,9H2,1H3,(H,25,28)(H,24,26,27)/t14-/m1/s1. The van der Waals surface area contributed by atoms with E-state index in [4.69, 9.17) is 4.74 Å². The molecule has 7 nitrogen and oxygen atoms in total. The van der Waals surface area contributed by atoms with Crippen LogP contribution in [0.1, 0.15) is 53.1 Å². The lowest BCUT2D eigenvalue weighted by atomic mass is 9.85. The summed E-state index contributed by atoms with van der Waals surface area (Å²) < 4.78 is 59.6. The van der Waals surface area contributed by atoms with Gasteiger partial charge in [-0.2, -0.15) is 0 Å². The second-order valence-corrected chi connectivity index (χ2v) is 6.86. The quantitative estimate of drug-likeness (QED) is 0.660. The molecule has 1 aliphatic carbocycles. The lowest BCUT2D eigenvalue weighted by molar-refractivity contribution is -0.275. The number of aromatic amines is 1. The van der Waals surface area contributed by atoms with Crippen LogP contribution in [-0.2, 0) is 4.74 Å². The average molecular weight is 429 g/mol. The summed E-state index contributed by atoms with van der Waals surface area (Å²) >= 11 is 0. The summed E-state index contributed by atoms with van der Waals surface area (Å²) in [5.41, 5.74) is -0.430. The van der Waals surface area contributed by atoms with E-state index in [0.29, 0.717) is 5.82 Å². The first-order valence-electron chi connectivity index (χ1n) is 9.12. The second-order valence-electron chi connectivity index (χ2n) is 6.86. The van der Waals surface area contributed by atoms with Crippen LogP contribution in [0, 0.1) is 5.82 Å². The number of rotatable bonds is 7. The van der Waals surface area contributed by atoms with Crippen LogP contribution in [0.15, 0.2) is 29.1 Å². The van der Waals surface area contributed by atoms with Crippen molar-refractivity contribution in [2.24, 2.45) is 0 Å². The van der Waals surface area contributed by atoms with E-state index in [1.54, 1.807) is 0 Å². The van der Waals surface area contributed by atoms with Crippen molar-refractivity contribution in [2.45, 2.75) is 37.6 Å². The van der Waals surface area contributed by atoms with E-state index in [1.807, 2.05) is 0 Å². The van der Waals surface area contributed by atoms with Crippen molar-refractivity contribution in [1.82, 2.24) is 15.3 Å². The van der Waals surface area contributed by atoms with Crippen molar-refractivity contribution in [3.8, 4) is 5.75 Å². The number of alkyl halides is 3. The lowest BCUT2D eigenvalue weighted by Gasteiger charge is -2.24. The molecule has 0 unspecified atom stereocenters. The summed E-state index contributed by atoms with van der Waals surface area (Å²) in [6.07, 6.45) is -2.29. The van der Waals surface area contributed by atoms with Crippen LogP contribution >= 0.6 is 0 Å². The highest BCUT2D eigenvalue weighted by molar-refractivity contribution is 5.92. The third-order valence-corrected chi connectivity index (χ3v) is 4.71. The van der Waals surface area contributed by atoms with Crippen molar-refractivity contribution >= 4 is 5.91 Å². The van der Waals surface area contributed by atoms with Crippen molar-refractivity contribution < 1.29 is 31.8 Å². The van der Waals surface area contributed by atoms with E-state index in [1.165, 1.54) is 13.2 Å². The van der Waals surface area contributed by atoms with Gasteiger partial charge in [0.15, 0.2) is 11.6 Å². The van der Waals surface area contributed by atoms with Gasteiger partial charge in [0, 0.05) is 19.1 Å². The summed E-state index contributed by atoms with van der Waals surface area (Å²) in [5.74, 6) is -2.41. The van der Waals surface area contributed by atoms with Gasteiger partial charge in [0.25, 0.3) is 11.5 Å². The minimum atomic E-state index is -5.04. The molecule has 1 heterocycles. The first kappa shape index (κ1) is 21.8. The highest BCUT2D eigenvalue weighted by atomic mass is 19.4. The molecule has 1 amide bonds. The Labute approximate surface area is 168 Å². The van der Waals surface area contributed by atoms with Crippen molar-refractivity contribution in [3.63, 3.8) is 0 Å². The van der Waals surface area contributed by atoms with Crippen molar-refractivity contribution in [1.29, 1.82) is 0 Å². The zero-order valence-electron chi connectivity index (χ0n) is 15.9. The van der Waals surface area contributed by atoms with Gasteiger partial charge in [-0.05, 0) is 30.5 Å². The highest BCUT2D eigenvalue weighted by Gasteiger charge is 2.32. The number of ether oxygens (including phenoxy) is 2. The van der Waals surface area contributed by atoms with Crippen LogP contribution < -0.4 is 15.6 Å². The molecular formula is C19H19F4N3O4. The number of nitrogens with zero attached hydrogens (tertiary/aromatic N) is 1. The fraction of sp³-hybridized carbons (Fsp3) is 0.421. The topological polar surface area (TPSA) is 93.3 Å². The molecule has 1 aromatic heterocycles. The lowest BCUT2D eigenvalue weighted by Crippen LogP contribution is -2.33. The van der Waals surface area contributed by atoms with E-state index in [-0.39, 0.29) is 23.8 Å². The number of aromatic nitrogens is 2. The normalized spacial score (nSPS) is 15.4. The number of carbonyl (C=O) groups excluding carboxylic acids is 1. The minimum absolute atomic E-state index is 0.0931. The monoisotopic (exact) mass is 429 g/mol. The number of nitrogens with one attached hydrogen (secondary N) is 2. The van der Waals surface area contributed by atoms with Gasteiger partial charge in [-0.1, -0.05) is 12.5 Å². The van der Waals surface area contributed by atoms with E-state index >= 15 is 0 Å². The summed E-state index contributed by atoms with van der Waals surface area (Å²) in [6, 6.07) is 2.95. The molecule has 162 valence electrons. The predicted molar refractivity (Wildman–Crippen MR) is 96.6 cm³/mol. The Morgan fingerprint density at radius 2 is 2.07 bits per heavy atom. The molecule has 0 saturated heterocycles. The van der Waals surface area contributed by atoms with Gasteiger partial charge in [0.05, 0.1) is 12.6 Å². The zero-order chi connectivity index (χ0) is 21.9. The maximum absolute atomic E-state index is 14.0. The zero-order valence-corrected chi connectivity index (χ0v) is 15.9. The first-order valence-corrected chi connectivity index (χ1v) is 9.12. The molecule has 2 aromatic rings. The average Bonchev–Trinajstić information content (AvgIpc) is 2.60. The summed E-state index contributed by atoms with van der Waals surface area (Å²) in [6.45, 7) is -0.0939. The van der Waals surface area contributed by atoms with Crippen LogP contribution in [0.25, 0.3) is 0 Å². The Morgan fingerprint density at radius 3 is 2.63 bits per heavy atom. The number of hydrogen-bond donors (Lipinski definition) is 2. The molecular weight excluding hydrogens is 410 g/mol. The highest BCUT2D eigenvalue weighted by Crippen LogP contribution is 2.33. The Morgan fingerprint density at radius 1 is 1.33 bits per heavy atom. The molecule has 0 bridgehead atoms. The molecule has 3 rings (SSSR count). The fourth-order valence-corrected chi connectivity index (χ4v) is 3.03. The van der Waals surface area contributed by atoms with Gasteiger partial charge in [-0.25, -0.2) is 9.37 Å². The summed E-state index contributed by atoms with van der Waals surface area (Å²) in [5, 5.41) is 2.57. The van der Waals surface area contributed by atoms with Gasteiger partial charge in [0.1, 0.15) is 11.5 Å². The molecule has 1 saturated carbocycles. The van der Waals surface area contributed by atoms with Gasteiger partial charge in [-0.15, -0.1) is 13.2 Å². The molecule has 1 aromatic carbocycles. The van der Waals surface area contributed by atoms with E-state index in [0.717, 1.165) is 37.5 Å². The maximum Gasteiger partial charge on any atom is 0.573 e. The van der Waals surface area contributed by atoms with E-state index in [2.05, 4.69) is 20.0 Å². The van der Waals surface area contributed by atoms with E-state index in [9.17, 15) is 27.2 Å². The Hall–Kier alpha value is -2.95. The summed E-state index contributed by atoms with van der Waals surface area (Å²) in [7, 11) is 1.34. The molecule has 30 heavy (non-hydrogen) atoms. The molecule has 0 radical (unpaired) electrons. The van der Waals surface area contributed by atoms with Crippen LogP contribution in [-0.4, -0.2) is 36.0 Å². The van der Waals surface area contributed by atoms with Crippen LogP contribution in [0.3, 0.4) is 0 Å².